The number of rotatable bonds is 2. The fourth-order valence-electron chi connectivity index (χ4n) is 5.99. The summed E-state index contributed by atoms with van der Waals surface area (Å²) in [6.07, 6.45) is 0. The minimum atomic E-state index is 0. The molecule has 0 aromatic heterocycles. The first-order valence-corrected chi connectivity index (χ1v) is 18.7. The Labute approximate surface area is 321 Å². The molecule has 2 nitrogen and oxygen atoms in total. The predicted molar refractivity (Wildman–Crippen MR) is 222 cm³/mol. The van der Waals surface area contributed by atoms with Gasteiger partial charge in [-0.25, -0.2) is 0 Å². The van der Waals surface area contributed by atoms with Crippen molar-refractivity contribution in [1.82, 2.24) is 0 Å². The molecule has 8 rings (SSSR count). The standard InChI is InChI=1S/2C20H15.2C2H6N.C2H6Si.Zr/c2*1-14-11-17-7-4-8-19(20(17)12-14)18-10-9-15-5-2-3-6-16(15)13-18;3*1-3-2;/h2*2-13H,1H3;3*1-2H3;/q4*-1;;+4. The molecule has 0 bridgehead atoms. The number of fused-ring (bicyclic) bond motifs is 4. The molecule has 0 fully saturated rings. The van der Waals surface area contributed by atoms with Crippen molar-refractivity contribution in [3.63, 3.8) is 0 Å². The zero-order valence-corrected chi connectivity index (χ0v) is 34.2. The molecule has 0 spiro atoms. The molecular formula is C46H48N2SiZr. The first-order chi connectivity index (χ1) is 23.9. The maximum Gasteiger partial charge on any atom is 4.00 e. The molecule has 50 heavy (non-hydrogen) atoms. The summed E-state index contributed by atoms with van der Waals surface area (Å²) in [5, 5.41) is 17.5. The van der Waals surface area contributed by atoms with Crippen LogP contribution in [0.4, 0.5) is 0 Å². The van der Waals surface area contributed by atoms with Crippen LogP contribution in [-0.4, -0.2) is 37.7 Å². The molecule has 250 valence electrons. The van der Waals surface area contributed by atoms with Crippen LogP contribution in [0.2, 0.25) is 13.1 Å². The number of hydrogen-bond acceptors (Lipinski definition) is 0. The van der Waals surface area contributed by atoms with Gasteiger partial charge >= 0.3 is 26.2 Å². The van der Waals surface area contributed by atoms with Gasteiger partial charge in [0, 0.05) is 9.52 Å². The Morgan fingerprint density at radius 3 is 1.14 bits per heavy atom. The molecule has 0 heterocycles. The summed E-state index contributed by atoms with van der Waals surface area (Å²) in [7, 11) is 8.08. The van der Waals surface area contributed by atoms with Crippen LogP contribution in [0, 0.1) is 13.8 Å². The van der Waals surface area contributed by atoms with Crippen molar-refractivity contribution in [2.24, 2.45) is 0 Å². The maximum absolute atomic E-state index is 3.50. The van der Waals surface area contributed by atoms with Gasteiger partial charge in [0.1, 0.15) is 0 Å². The molecule has 0 atom stereocenters. The van der Waals surface area contributed by atoms with Crippen LogP contribution in [0.25, 0.3) is 76.0 Å². The summed E-state index contributed by atoms with van der Waals surface area (Å²) >= 11 is 0. The molecule has 8 aromatic rings. The van der Waals surface area contributed by atoms with E-state index in [0.29, 0.717) is 0 Å². The van der Waals surface area contributed by atoms with E-state index >= 15 is 0 Å². The Hall–Kier alpha value is -3.92. The van der Waals surface area contributed by atoms with E-state index in [2.05, 4.69) is 183 Å². The molecule has 8 aromatic carbocycles. The van der Waals surface area contributed by atoms with Gasteiger partial charge in [-0.2, -0.15) is 40.3 Å². The van der Waals surface area contributed by atoms with E-state index < -0.39 is 0 Å². The third-order valence-electron chi connectivity index (χ3n) is 7.91. The van der Waals surface area contributed by atoms with E-state index in [9.17, 15) is 0 Å². The minimum absolute atomic E-state index is 0. The van der Waals surface area contributed by atoms with E-state index in [1.807, 2.05) is 0 Å². The number of hydrogen-bond donors (Lipinski definition) is 0. The van der Waals surface area contributed by atoms with Crippen LogP contribution < -0.4 is 0 Å². The van der Waals surface area contributed by atoms with Crippen LogP contribution in [0.5, 0.6) is 0 Å². The smallest absolute Gasteiger partial charge is 0.668 e. The van der Waals surface area contributed by atoms with Gasteiger partial charge in [0.05, 0.1) is 0 Å². The zero-order valence-electron chi connectivity index (χ0n) is 30.8. The van der Waals surface area contributed by atoms with E-state index in [1.54, 1.807) is 28.2 Å². The molecule has 0 saturated carbocycles. The maximum atomic E-state index is 3.50. The van der Waals surface area contributed by atoms with Crippen molar-refractivity contribution in [3.05, 3.63) is 167 Å². The molecular weight excluding hydrogens is 700 g/mol. The van der Waals surface area contributed by atoms with Crippen LogP contribution in [-0.2, 0) is 26.2 Å². The second-order valence-corrected chi connectivity index (χ2v) is 13.2. The van der Waals surface area contributed by atoms with Crippen LogP contribution >= 0.6 is 0 Å². The van der Waals surface area contributed by atoms with Crippen LogP contribution in [0.3, 0.4) is 0 Å². The zero-order chi connectivity index (χ0) is 35.2. The van der Waals surface area contributed by atoms with Gasteiger partial charge in [0.25, 0.3) is 0 Å². The molecule has 0 aliphatic carbocycles. The number of benzene rings is 6. The van der Waals surface area contributed by atoms with E-state index in [-0.39, 0.29) is 26.2 Å². The predicted octanol–water partition coefficient (Wildman–Crippen LogP) is 13.4. The fraction of sp³-hybridized carbons (Fsp3) is 0.174. The molecule has 4 heteroatoms. The third-order valence-corrected chi connectivity index (χ3v) is 7.91. The molecule has 0 N–H and O–H groups in total. The SMILES string of the molecule is C[N-]C.C[N-]C.C[Si]C.Cc1cc2c(-c3ccc4ccccc4c3)cccc2[cH-]1.Cc1cc2c(-c3ccc4ccccc4c3)cccc2[cH-]1.[Zr+4]. The van der Waals surface area contributed by atoms with Crippen molar-refractivity contribution < 1.29 is 26.2 Å². The van der Waals surface area contributed by atoms with Crippen LogP contribution in [0.15, 0.2) is 146 Å². The Morgan fingerprint density at radius 2 is 0.780 bits per heavy atom. The average Bonchev–Trinajstić information content (AvgIpc) is 3.70. The molecule has 2 radical (unpaired) electrons. The van der Waals surface area contributed by atoms with E-state index in [0.717, 1.165) is 9.52 Å². The summed E-state index contributed by atoms with van der Waals surface area (Å²) in [4.78, 5) is 0. The normalized spacial score (nSPS) is 10.1. The van der Waals surface area contributed by atoms with E-state index in [1.165, 1.54) is 76.5 Å². The summed E-state index contributed by atoms with van der Waals surface area (Å²) < 4.78 is 0. The van der Waals surface area contributed by atoms with E-state index in [4.69, 9.17) is 0 Å². The monoisotopic (exact) mass is 746 g/mol. The van der Waals surface area contributed by atoms with Crippen molar-refractivity contribution in [2.45, 2.75) is 26.9 Å². The summed E-state index contributed by atoms with van der Waals surface area (Å²) in [5.41, 5.74) is 7.88. The third kappa shape index (κ3) is 10.5. The van der Waals surface area contributed by atoms with Crippen LogP contribution in [0.1, 0.15) is 11.1 Å². The molecule has 0 amide bonds. The van der Waals surface area contributed by atoms with Crippen molar-refractivity contribution in [2.75, 3.05) is 28.2 Å². The second-order valence-electron chi connectivity index (χ2n) is 12.2. The Morgan fingerprint density at radius 1 is 0.440 bits per heavy atom. The molecule has 0 aliphatic heterocycles. The van der Waals surface area contributed by atoms with Crippen molar-refractivity contribution in [1.29, 1.82) is 0 Å². The quantitative estimate of drug-likeness (QED) is 0.124. The van der Waals surface area contributed by atoms with Gasteiger partial charge in [0.15, 0.2) is 0 Å². The van der Waals surface area contributed by atoms with Gasteiger partial charge in [-0.3, -0.25) is 0 Å². The van der Waals surface area contributed by atoms with Gasteiger partial charge < -0.3 is 10.6 Å². The molecule has 0 saturated heterocycles. The minimum Gasteiger partial charge on any atom is -0.668 e. The summed E-state index contributed by atoms with van der Waals surface area (Å²) in [6, 6.07) is 52.6. The Kier molecular flexibility index (Phi) is 16.8. The molecule has 0 unspecified atom stereocenters. The number of aryl methyl sites for hydroxylation is 2. The largest absolute Gasteiger partial charge is 4.00 e. The van der Waals surface area contributed by atoms with Gasteiger partial charge in [-0.15, -0.1) is 69.1 Å². The summed E-state index contributed by atoms with van der Waals surface area (Å²) in [5.74, 6) is 0. The van der Waals surface area contributed by atoms with Crippen molar-refractivity contribution >= 4 is 52.6 Å². The topological polar surface area (TPSA) is 28.2 Å². The Balaban J connectivity index is 0.000000216. The Bertz CT molecular complexity index is 2050. The van der Waals surface area contributed by atoms with Gasteiger partial charge in [-0.1, -0.05) is 123 Å². The van der Waals surface area contributed by atoms with Gasteiger partial charge in [-0.05, 0) is 44.8 Å². The fourth-order valence-corrected chi connectivity index (χ4v) is 5.99. The average molecular weight is 748 g/mol. The number of nitrogens with zero attached hydrogens (tertiary/aromatic N) is 2. The first kappa shape index (κ1) is 40.5. The van der Waals surface area contributed by atoms with Gasteiger partial charge in [0.2, 0.25) is 0 Å². The second kappa shape index (κ2) is 20.7. The molecule has 0 aliphatic rings. The first-order valence-electron chi connectivity index (χ1n) is 16.7. The van der Waals surface area contributed by atoms with Crippen molar-refractivity contribution in [3.8, 4) is 22.3 Å². The summed E-state index contributed by atoms with van der Waals surface area (Å²) in [6.45, 7) is 8.62.